The second kappa shape index (κ2) is 5.99. The zero-order chi connectivity index (χ0) is 10.4. The van der Waals surface area contributed by atoms with Gasteiger partial charge in [0.2, 0.25) is 0 Å². The highest BCUT2D eigenvalue weighted by atomic mass is 32.2. The maximum Gasteiger partial charge on any atom is 0.0554 e. The summed E-state index contributed by atoms with van der Waals surface area (Å²) < 4.78 is 5.22. The van der Waals surface area contributed by atoms with Gasteiger partial charge >= 0.3 is 0 Å². The summed E-state index contributed by atoms with van der Waals surface area (Å²) in [7, 11) is 0. The lowest BCUT2D eigenvalue weighted by Gasteiger charge is -2.39. The van der Waals surface area contributed by atoms with Crippen LogP contribution in [0.15, 0.2) is 0 Å². The number of hydrogen-bond acceptors (Lipinski definition) is 3. The van der Waals surface area contributed by atoms with Crippen molar-refractivity contribution in [3.05, 3.63) is 0 Å². The highest BCUT2D eigenvalue weighted by Crippen LogP contribution is 2.25. The predicted octanol–water partition coefficient (Wildman–Crippen LogP) is 2.14. The zero-order valence-electron chi connectivity index (χ0n) is 9.64. The Bertz CT molecular complexity index is 159. The maximum atomic E-state index is 5.22. The van der Waals surface area contributed by atoms with Crippen molar-refractivity contribution in [2.24, 2.45) is 5.41 Å². The smallest absolute Gasteiger partial charge is 0.0554 e. The van der Waals surface area contributed by atoms with Crippen molar-refractivity contribution >= 4 is 11.8 Å². The lowest BCUT2D eigenvalue weighted by molar-refractivity contribution is -0.0998. The molecule has 1 aliphatic heterocycles. The van der Waals surface area contributed by atoms with Crippen molar-refractivity contribution in [2.75, 3.05) is 31.3 Å². The average molecular weight is 217 g/mol. The van der Waals surface area contributed by atoms with Gasteiger partial charge < -0.3 is 10.1 Å². The van der Waals surface area contributed by atoms with Gasteiger partial charge in [0.05, 0.1) is 13.2 Å². The molecule has 0 bridgehead atoms. The molecule has 0 spiro atoms. The molecular formula is C11H23NOS. The molecule has 1 rings (SSSR count). The van der Waals surface area contributed by atoms with E-state index in [0.29, 0.717) is 11.5 Å². The third-order valence-electron chi connectivity index (χ3n) is 2.68. The summed E-state index contributed by atoms with van der Waals surface area (Å²) in [4.78, 5) is 0. The van der Waals surface area contributed by atoms with Crippen LogP contribution < -0.4 is 5.32 Å². The number of nitrogens with one attached hydrogen (secondary N) is 1. The molecule has 0 saturated carbocycles. The van der Waals surface area contributed by atoms with E-state index >= 15 is 0 Å². The van der Waals surface area contributed by atoms with Gasteiger partial charge in [0.25, 0.3) is 0 Å². The normalized spacial score (nSPS) is 21.6. The summed E-state index contributed by atoms with van der Waals surface area (Å²) in [6.07, 6.45) is 1.27. The largest absolute Gasteiger partial charge is 0.380 e. The van der Waals surface area contributed by atoms with Gasteiger partial charge in [-0.2, -0.15) is 11.8 Å². The first kappa shape index (κ1) is 12.3. The van der Waals surface area contributed by atoms with E-state index in [0.717, 1.165) is 19.8 Å². The molecule has 1 unspecified atom stereocenters. The van der Waals surface area contributed by atoms with Crippen LogP contribution in [0.1, 0.15) is 27.2 Å². The Hall–Kier alpha value is 0.270. The van der Waals surface area contributed by atoms with Crippen molar-refractivity contribution in [1.29, 1.82) is 0 Å². The molecule has 1 fully saturated rings. The minimum Gasteiger partial charge on any atom is -0.380 e. The summed E-state index contributed by atoms with van der Waals surface area (Å²) in [6.45, 7) is 9.74. The van der Waals surface area contributed by atoms with Gasteiger partial charge in [-0.3, -0.25) is 0 Å². The van der Waals surface area contributed by atoms with Crippen LogP contribution in [0.3, 0.4) is 0 Å². The van der Waals surface area contributed by atoms with Gasteiger partial charge in [-0.05, 0) is 24.9 Å². The van der Waals surface area contributed by atoms with E-state index in [2.05, 4.69) is 26.1 Å². The van der Waals surface area contributed by atoms with E-state index in [1.807, 2.05) is 11.8 Å². The van der Waals surface area contributed by atoms with Crippen LogP contribution in [-0.4, -0.2) is 37.3 Å². The monoisotopic (exact) mass is 217 g/mol. The predicted molar refractivity (Wildman–Crippen MR) is 64.0 cm³/mol. The fourth-order valence-electron chi connectivity index (χ4n) is 1.48. The third-order valence-corrected chi connectivity index (χ3v) is 3.61. The van der Waals surface area contributed by atoms with Crippen LogP contribution in [0, 0.1) is 5.41 Å². The highest BCUT2D eigenvalue weighted by molar-refractivity contribution is 7.99. The molecule has 84 valence electrons. The standard InChI is InChI=1S/C11H23NOS/c1-4-14-6-5-10(2)12-7-11(3)8-13-9-11/h10,12H,4-9H2,1-3H3. The average Bonchev–Trinajstić information content (AvgIpc) is 2.12. The first-order valence-electron chi connectivity index (χ1n) is 5.55. The molecule has 0 aromatic carbocycles. The van der Waals surface area contributed by atoms with Gasteiger partial charge in [0.1, 0.15) is 0 Å². The number of rotatable bonds is 7. The zero-order valence-corrected chi connectivity index (χ0v) is 10.5. The van der Waals surface area contributed by atoms with E-state index in [4.69, 9.17) is 4.74 Å². The molecule has 3 heteroatoms. The van der Waals surface area contributed by atoms with Crippen molar-refractivity contribution in [3.63, 3.8) is 0 Å². The van der Waals surface area contributed by atoms with Crippen molar-refractivity contribution < 1.29 is 4.74 Å². The minimum absolute atomic E-state index is 0.409. The Morgan fingerprint density at radius 2 is 2.21 bits per heavy atom. The van der Waals surface area contributed by atoms with Crippen molar-refractivity contribution in [3.8, 4) is 0 Å². The van der Waals surface area contributed by atoms with Crippen molar-refractivity contribution in [2.45, 2.75) is 33.2 Å². The minimum atomic E-state index is 0.409. The Kier molecular flexibility index (Phi) is 5.28. The van der Waals surface area contributed by atoms with E-state index in [-0.39, 0.29) is 0 Å². The SMILES string of the molecule is CCSCCC(C)NCC1(C)COC1. The molecule has 1 saturated heterocycles. The first-order valence-corrected chi connectivity index (χ1v) is 6.70. The number of ether oxygens (including phenoxy) is 1. The quantitative estimate of drug-likeness (QED) is 0.660. The Labute approximate surface area is 92.2 Å². The van der Waals surface area contributed by atoms with Crippen LogP contribution in [0.2, 0.25) is 0 Å². The van der Waals surface area contributed by atoms with Gasteiger partial charge in [-0.25, -0.2) is 0 Å². The van der Waals surface area contributed by atoms with Gasteiger partial charge in [0, 0.05) is 18.0 Å². The summed E-state index contributed by atoms with van der Waals surface area (Å²) in [5.41, 5.74) is 0.409. The van der Waals surface area contributed by atoms with Crippen LogP contribution in [0.25, 0.3) is 0 Å². The third kappa shape index (κ3) is 4.20. The molecule has 0 amide bonds. The molecule has 14 heavy (non-hydrogen) atoms. The molecule has 0 aromatic rings. The fourth-order valence-corrected chi connectivity index (χ4v) is 2.29. The molecule has 1 atom stereocenters. The van der Waals surface area contributed by atoms with Crippen molar-refractivity contribution in [1.82, 2.24) is 5.32 Å². The second-order valence-corrected chi connectivity index (χ2v) is 5.96. The Morgan fingerprint density at radius 3 is 2.71 bits per heavy atom. The second-order valence-electron chi connectivity index (χ2n) is 4.57. The summed E-state index contributed by atoms with van der Waals surface area (Å²) >= 11 is 2.02. The Morgan fingerprint density at radius 1 is 1.50 bits per heavy atom. The highest BCUT2D eigenvalue weighted by Gasteiger charge is 2.32. The molecule has 2 nitrogen and oxygen atoms in total. The molecule has 1 N–H and O–H groups in total. The van der Waals surface area contributed by atoms with E-state index in [1.54, 1.807) is 0 Å². The lowest BCUT2D eigenvalue weighted by atomic mass is 9.88. The maximum absolute atomic E-state index is 5.22. The molecular weight excluding hydrogens is 194 g/mol. The summed E-state index contributed by atoms with van der Waals surface area (Å²) in [6, 6.07) is 0.645. The van der Waals surface area contributed by atoms with E-state index in [1.165, 1.54) is 17.9 Å². The Balaban J connectivity index is 1.99. The van der Waals surface area contributed by atoms with Gasteiger partial charge in [-0.15, -0.1) is 0 Å². The topological polar surface area (TPSA) is 21.3 Å². The first-order chi connectivity index (χ1) is 6.66. The summed E-state index contributed by atoms with van der Waals surface area (Å²) in [5, 5.41) is 3.59. The lowest BCUT2D eigenvalue weighted by Crippen LogP contribution is -2.49. The van der Waals surface area contributed by atoms with Crippen LogP contribution >= 0.6 is 11.8 Å². The molecule has 1 aliphatic rings. The number of thioether (sulfide) groups is 1. The van der Waals surface area contributed by atoms with E-state index in [9.17, 15) is 0 Å². The van der Waals surface area contributed by atoms with E-state index < -0.39 is 0 Å². The molecule has 0 aromatic heterocycles. The molecule has 0 aliphatic carbocycles. The fraction of sp³-hybridized carbons (Fsp3) is 1.00. The molecule has 0 radical (unpaired) electrons. The van der Waals surface area contributed by atoms with Crippen LogP contribution in [-0.2, 0) is 4.74 Å². The van der Waals surface area contributed by atoms with Gasteiger partial charge in [-0.1, -0.05) is 13.8 Å². The van der Waals surface area contributed by atoms with Gasteiger partial charge in [0.15, 0.2) is 0 Å². The summed E-state index contributed by atoms with van der Waals surface area (Å²) in [5.74, 6) is 2.51. The number of hydrogen-bond donors (Lipinski definition) is 1. The molecule has 1 heterocycles. The van der Waals surface area contributed by atoms with Crippen LogP contribution in [0.5, 0.6) is 0 Å². The van der Waals surface area contributed by atoms with Crippen LogP contribution in [0.4, 0.5) is 0 Å².